The second-order valence-electron chi connectivity index (χ2n) is 5.65. The van der Waals surface area contributed by atoms with Gasteiger partial charge in [-0.05, 0) is 31.7 Å². The van der Waals surface area contributed by atoms with E-state index in [1.807, 2.05) is 0 Å². The fourth-order valence-electron chi connectivity index (χ4n) is 3.31. The number of hydrogen-bond acceptors (Lipinski definition) is 1. The molecular formula is C13H22F3N. The maximum Gasteiger partial charge on any atom is 0.391 e. The first-order chi connectivity index (χ1) is 8.05. The van der Waals surface area contributed by atoms with Gasteiger partial charge in [0.2, 0.25) is 0 Å². The summed E-state index contributed by atoms with van der Waals surface area (Å²) < 4.78 is 38.0. The number of halogens is 3. The summed E-state index contributed by atoms with van der Waals surface area (Å²) >= 11 is 0. The van der Waals surface area contributed by atoms with Gasteiger partial charge in [-0.3, -0.25) is 0 Å². The van der Waals surface area contributed by atoms with Gasteiger partial charge >= 0.3 is 6.18 Å². The molecule has 1 saturated carbocycles. The van der Waals surface area contributed by atoms with Crippen LogP contribution < -0.4 is 5.32 Å². The van der Waals surface area contributed by atoms with Crippen LogP contribution in [0.3, 0.4) is 0 Å². The van der Waals surface area contributed by atoms with Crippen molar-refractivity contribution in [1.29, 1.82) is 0 Å². The molecule has 0 aromatic rings. The Morgan fingerprint density at radius 1 is 1.00 bits per heavy atom. The zero-order valence-electron chi connectivity index (χ0n) is 10.2. The van der Waals surface area contributed by atoms with Crippen molar-refractivity contribution in [2.45, 2.75) is 63.6 Å². The van der Waals surface area contributed by atoms with Gasteiger partial charge in [0.25, 0.3) is 0 Å². The summed E-state index contributed by atoms with van der Waals surface area (Å²) in [6, 6.07) is 0.0958. The third kappa shape index (κ3) is 3.87. The zero-order chi connectivity index (χ0) is 12.3. The lowest BCUT2D eigenvalue weighted by Gasteiger charge is -2.34. The second kappa shape index (κ2) is 5.59. The Labute approximate surface area is 101 Å². The van der Waals surface area contributed by atoms with E-state index < -0.39 is 12.1 Å². The van der Waals surface area contributed by atoms with Crippen LogP contribution in [0.1, 0.15) is 51.4 Å². The van der Waals surface area contributed by atoms with Crippen LogP contribution in [-0.4, -0.2) is 18.8 Å². The summed E-state index contributed by atoms with van der Waals surface area (Å²) in [5.41, 5.74) is 0. The summed E-state index contributed by atoms with van der Waals surface area (Å²) in [5.74, 6) is -0.412. The molecule has 0 spiro atoms. The average Bonchev–Trinajstić information content (AvgIpc) is 2.29. The Balaban J connectivity index is 1.80. The lowest BCUT2D eigenvalue weighted by Crippen LogP contribution is -2.43. The normalized spacial score (nSPS) is 32.6. The molecule has 1 heterocycles. The second-order valence-corrected chi connectivity index (χ2v) is 5.65. The van der Waals surface area contributed by atoms with Crippen LogP contribution >= 0.6 is 0 Å². The minimum atomic E-state index is -3.99. The van der Waals surface area contributed by atoms with E-state index in [1.165, 1.54) is 32.1 Å². The first-order valence-electron chi connectivity index (χ1n) is 6.86. The lowest BCUT2D eigenvalue weighted by atomic mass is 9.81. The first-order valence-corrected chi connectivity index (χ1v) is 6.86. The predicted molar refractivity (Wildman–Crippen MR) is 61.8 cm³/mol. The van der Waals surface area contributed by atoms with E-state index in [0.29, 0.717) is 18.9 Å². The molecule has 0 radical (unpaired) electrons. The van der Waals surface area contributed by atoms with E-state index >= 15 is 0 Å². The highest BCUT2D eigenvalue weighted by Crippen LogP contribution is 2.36. The molecule has 1 aliphatic heterocycles. The highest BCUT2D eigenvalue weighted by atomic mass is 19.4. The van der Waals surface area contributed by atoms with Gasteiger partial charge in [0, 0.05) is 6.04 Å². The SMILES string of the molecule is FC(F)(F)C1CCNC(CC2CCCCC2)C1. The smallest absolute Gasteiger partial charge is 0.314 e. The van der Waals surface area contributed by atoms with Gasteiger partial charge in [0.05, 0.1) is 5.92 Å². The van der Waals surface area contributed by atoms with Crippen molar-refractivity contribution >= 4 is 0 Å². The van der Waals surface area contributed by atoms with Crippen molar-refractivity contribution in [3.8, 4) is 0 Å². The molecule has 4 heteroatoms. The topological polar surface area (TPSA) is 12.0 Å². The Morgan fingerprint density at radius 3 is 2.35 bits per heavy atom. The summed E-state index contributed by atoms with van der Waals surface area (Å²) in [4.78, 5) is 0. The summed E-state index contributed by atoms with van der Waals surface area (Å²) in [5, 5.41) is 3.27. The molecular weight excluding hydrogens is 227 g/mol. The molecule has 2 fully saturated rings. The fourth-order valence-corrected chi connectivity index (χ4v) is 3.31. The van der Waals surface area contributed by atoms with Crippen molar-refractivity contribution in [3.05, 3.63) is 0 Å². The van der Waals surface area contributed by atoms with Crippen LogP contribution in [0.2, 0.25) is 0 Å². The number of rotatable bonds is 2. The van der Waals surface area contributed by atoms with Crippen LogP contribution in [0.5, 0.6) is 0 Å². The summed E-state index contributed by atoms with van der Waals surface area (Å²) in [6.07, 6.45) is 3.77. The molecule has 1 saturated heterocycles. The highest BCUT2D eigenvalue weighted by Gasteiger charge is 2.42. The average molecular weight is 249 g/mol. The molecule has 1 aliphatic carbocycles. The van der Waals surface area contributed by atoms with Crippen molar-refractivity contribution in [1.82, 2.24) is 5.32 Å². The third-order valence-electron chi connectivity index (χ3n) is 4.30. The van der Waals surface area contributed by atoms with Crippen LogP contribution in [-0.2, 0) is 0 Å². The first kappa shape index (κ1) is 13.2. The number of alkyl halides is 3. The standard InChI is InChI=1S/C13H22F3N/c14-13(15,16)11-6-7-17-12(9-11)8-10-4-2-1-3-5-10/h10-12,17H,1-9H2. The summed E-state index contributed by atoms with van der Waals surface area (Å²) in [6.45, 7) is 0.529. The summed E-state index contributed by atoms with van der Waals surface area (Å²) in [7, 11) is 0. The van der Waals surface area contributed by atoms with E-state index in [9.17, 15) is 13.2 Å². The van der Waals surface area contributed by atoms with Gasteiger partial charge in [-0.2, -0.15) is 13.2 Å². The molecule has 2 aliphatic rings. The van der Waals surface area contributed by atoms with E-state index in [0.717, 1.165) is 6.42 Å². The van der Waals surface area contributed by atoms with Crippen LogP contribution in [0.25, 0.3) is 0 Å². The van der Waals surface area contributed by atoms with Crippen molar-refractivity contribution in [2.75, 3.05) is 6.54 Å². The van der Waals surface area contributed by atoms with E-state index in [1.54, 1.807) is 0 Å². The zero-order valence-corrected chi connectivity index (χ0v) is 10.2. The van der Waals surface area contributed by atoms with Gasteiger partial charge in [0.15, 0.2) is 0 Å². The molecule has 0 aromatic carbocycles. The minimum absolute atomic E-state index is 0.0958. The predicted octanol–water partition coefficient (Wildman–Crippen LogP) is 3.89. The number of piperidine rings is 1. The largest absolute Gasteiger partial charge is 0.391 e. The Morgan fingerprint density at radius 2 is 1.71 bits per heavy atom. The van der Waals surface area contributed by atoms with Gasteiger partial charge in [-0.25, -0.2) is 0 Å². The molecule has 1 N–H and O–H groups in total. The highest BCUT2D eigenvalue weighted by molar-refractivity contribution is 4.84. The molecule has 0 aromatic heterocycles. The van der Waals surface area contributed by atoms with Gasteiger partial charge in [-0.15, -0.1) is 0 Å². The van der Waals surface area contributed by atoms with Crippen LogP contribution in [0.15, 0.2) is 0 Å². The van der Waals surface area contributed by atoms with E-state index in [2.05, 4.69) is 5.32 Å². The number of nitrogens with one attached hydrogen (secondary N) is 1. The van der Waals surface area contributed by atoms with E-state index in [4.69, 9.17) is 0 Å². The van der Waals surface area contributed by atoms with Gasteiger partial charge in [-0.1, -0.05) is 32.1 Å². The Hall–Kier alpha value is -0.250. The van der Waals surface area contributed by atoms with Crippen molar-refractivity contribution in [2.24, 2.45) is 11.8 Å². The molecule has 2 rings (SSSR count). The molecule has 2 unspecified atom stereocenters. The number of hydrogen-bond donors (Lipinski definition) is 1. The molecule has 1 nitrogen and oxygen atoms in total. The molecule has 2 atom stereocenters. The lowest BCUT2D eigenvalue weighted by molar-refractivity contribution is -0.183. The Bertz CT molecular complexity index is 233. The quantitative estimate of drug-likeness (QED) is 0.783. The van der Waals surface area contributed by atoms with Gasteiger partial charge < -0.3 is 5.32 Å². The van der Waals surface area contributed by atoms with Crippen molar-refractivity contribution < 1.29 is 13.2 Å². The molecule has 17 heavy (non-hydrogen) atoms. The third-order valence-corrected chi connectivity index (χ3v) is 4.30. The van der Waals surface area contributed by atoms with E-state index in [-0.39, 0.29) is 12.5 Å². The van der Waals surface area contributed by atoms with Crippen LogP contribution in [0, 0.1) is 11.8 Å². The van der Waals surface area contributed by atoms with Crippen molar-refractivity contribution in [3.63, 3.8) is 0 Å². The molecule has 0 bridgehead atoms. The van der Waals surface area contributed by atoms with Crippen LogP contribution in [0.4, 0.5) is 13.2 Å². The Kier molecular flexibility index (Phi) is 4.34. The van der Waals surface area contributed by atoms with Gasteiger partial charge in [0.1, 0.15) is 0 Å². The maximum atomic E-state index is 12.7. The molecule has 100 valence electrons. The fraction of sp³-hybridized carbons (Fsp3) is 1.00. The maximum absolute atomic E-state index is 12.7. The molecule has 0 amide bonds. The minimum Gasteiger partial charge on any atom is -0.314 e. The monoisotopic (exact) mass is 249 g/mol.